The van der Waals surface area contributed by atoms with E-state index in [0.29, 0.717) is 19.7 Å². The predicted octanol–water partition coefficient (Wildman–Crippen LogP) is 3.12. The van der Waals surface area contributed by atoms with Crippen molar-refractivity contribution in [1.82, 2.24) is 14.7 Å². The highest BCUT2D eigenvalue weighted by molar-refractivity contribution is 5.68. The fraction of sp³-hybridized carbons (Fsp3) is 0.765. The van der Waals surface area contributed by atoms with Gasteiger partial charge in [-0.15, -0.1) is 0 Å². The monoisotopic (exact) mass is 323 g/mol. The lowest BCUT2D eigenvalue weighted by molar-refractivity contribution is -0.0964. The Balaban J connectivity index is 1.87. The molecule has 0 saturated carbocycles. The Kier molecular flexibility index (Phi) is 5.34. The molecule has 1 aromatic heterocycles. The van der Waals surface area contributed by atoms with Crippen LogP contribution in [0.3, 0.4) is 0 Å². The molecule has 0 atom stereocenters. The van der Waals surface area contributed by atoms with Crippen LogP contribution >= 0.6 is 0 Å². The van der Waals surface area contributed by atoms with Crippen molar-refractivity contribution in [1.29, 1.82) is 0 Å². The number of carbonyl (C=O) groups excluding carboxylic acids is 1. The zero-order valence-electron chi connectivity index (χ0n) is 15.0. The molecular formula is C17H29N3O3. The number of amides is 1. The number of aromatic nitrogens is 2. The highest BCUT2D eigenvalue weighted by Crippen LogP contribution is 2.31. The van der Waals surface area contributed by atoms with Gasteiger partial charge >= 0.3 is 6.09 Å². The van der Waals surface area contributed by atoms with E-state index in [1.165, 1.54) is 0 Å². The average Bonchev–Trinajstić information content (AvgIpc) is 2.89. The van der Waals surface area contributed by atoms with Gasteiger partial charge in [0.1, 0.15) is 5.60 Å². The third-order valence-corrected chi connectivity index (χ3v) is 4.27. The summed E-state index contributed by atoms with van der Waals surface area (Å²) in [5.41, 5.74) is 0.317. The molecule has 0 aromatic carbocycles. The molecule has 0 N–H and O–H groups in total. The van der Waals surface area contributed by atoms with Crippen molar-refractivity contribution in [2.24, 2.45) is 7.05 Å². The third-order valence-electron chi connectivity index (χ3n) is 4.27. The quantitative estimate of drug-likeness (QED) is 0.854. The first-order valence-corrected chi connectivity index (χ1v) is 8.33. The second kappa shape index (κ2) is 6.91. The molecule has 130 valence electrons. The van der Waals surface area contributed by atoms with E-state index in [1.54, 1.807) is 9.58 Å². The van der Waals surface area contributed by atoms with Crippen LogP contribution in [0.2, 0.25) is 0 Å². The van der Waals surface area contributed by atoms with Crippen LogP contribution in [0.15, 0.2) is 12.3 Å². The van der Waals surface area contributed by atoms with Gasteiger partial charge in [0, 0.05) is 26.3 Å². The molecule has 0 aliphatic carbocycles. The number of aryl methyl sites for hydroxylation is 1. The molecule has 1 aliphatic rings. The van der Waals surface area contributed by atoms with Gasteiger partial charge in [-0.2, -0.15) is 5.10 Å². The van der Waals surface area contributed by atoms with Crippen molar-refractivity contribution >= 4 is 6.09 Å². The molecule has 1 amide bonds. The third kappa shape index (κ3) is 4.96. The Labute approximate surface area is 138 Å². The Bertz CT molecular complexity index is 525. The second-order valence-corrected chi connectivity index (χ2v) is 7.27. The van der Waals surface area contributed by atoms with Gasteiger partial charge in [0.05, 0.1) is 17.9 Å². The molecule has 6 nitrogen and oxygen atoms in total. The first-order valence-electron chi connectivity index (χ1n) is 8.33. The zero-order valence-corrected chi connectivity index (χ0v) is 15.0. The maximum absolute atomic E-state index is 12.1. The Morgan fingerprint density at radius 2 is 2.00 bits per heavy atom. The molecule has 2 rings (SSSR count). The Morgan fingerprint density at radius 3 is 2.48 bits per heavy atom. The number of hydrogen-bond donors (Lipinski definition) is 0. The molecule has 1 saturated heterocycles. The minimum absolute atomic E-state index is 0.171. The Morgan fingerprint density at radius 1 is 1.35 bits per heavy atom. The van der Waals surface area contributed by atoms with E-state index in [4.69, 9.17) is 9.47 Å². The summed E-state index contributed by atoms with van der Waals surface area (Å²) < 4.78 is 13.4. The molecule has 1 fully saturated rings. The van der Waals surface area contributed by atoms with Crippen molar-refractivity contribution in [2.75, 3.05) is 13.1 Å². The van der Waals surface area contributed by atoms with Crippen molar-refractivity contribution < 1.29 is 14.3 Å². The van der Waals surface area contributed by atoms with Crippen LogP contribution in [0.5, 0.6) is 0 Å². The topological polar surface area (TPSA) is 56.6 Å². The molecule has 0 spiro atoms. The lowest BCUT2D eigenvalue weighted by atomic mass is 9.88. The summed E-state index contributed by atoms with van der Waals surface area (Å²) in [5.74, 6) is 0. The van der Waals surface area contributed by atoms with E-state index < -0.39 is 5.60 Å². The van der Waals surface area contributed by atoms with Gasteiger partial charge in [-0.05, 0) is 46.1 Å². The van der Waals surface area contributed by atoms with E-state index in [1.807, 2.05) is 40.1 Å². The molecule has 0 unspecified atom stereocenters. The molecule has 6 heteroatoms. The van der Waals surface area contributed by atoms with Crippen LogP contribution in [-0.4, -0.2) is 45.1 Å². The maximum Gasteiger partial charge on any atom is 0.410 e. The summed E-state index contributed by atoms with van der Waals surface area (Å²) in [6.45, 7) is 9.67. The van der Waals surface area contributed by atoms with Crippen molar-refractivity contribution in [3.8, 4) is 0 Å². The van der Waals surface area contributed by atoms with E-state index in [-0.39, 0.29) is 11.7 Å². The number of hydrogen-bond acceptors (Lipinski definition) is 4. The van der Waals surface area contributed by atoms with E-state index in [9.17, 15) is 4.79 Å². The standard InChI is InChI=1S/C17H29N3O3/c1-6-17(22-13-14-7-10-19(5)18-14)8-11-20(12-9-17)15(21)23-16(2,3)4/h7,10H,6,8-9,11-13H2,1-5H3. The van der Waals surface area contributed by atoms with Crippen LogP contribution in [0.1, 0.15) is 52.7 Å². The molecular weight excluding hydrogens is 294 g/mol. The SMILES string of the molecule is CCC1(OCc2ccn(C)n2)CCN(C(=O)OC(C)(C)C)CC1. The minimum Gasteiger partial charge on any atom is -0.444 e. The molecule has 1 aliphatic heterocycles. The molecule has 2 heterocycles. The average molecular weight is 323 g/mol. The highest BCUT2D eigenvalue weighted by atomic mass is 16.6. The van der Waals surface area contributed by atoms with Crippen LogP contribution < -0.4 is 0 Å². The van der Waals surface area contributed by atoms with Gasteiger partial charge < -0.3 is 14.4 Å². The molecule has 0 bridgehead atoms. The van der Waals surface area contributed by atoms with Crippen molar-refractivity contribution in [3.63, 3.8) is 0 Å². The highest BCUT2D eigenvalue weighted by Gasteiger charge is 2.36. The minimum atomic E-state index is -0.453. The summed E-state index contributed by atoms with van der Waals surface area (Å²) >= 11 is 0. The smallest absolute Gasteiger partial charge is 0.410 e. The molecule has 0 radical (unpaired) electrons. The largest absolute Gasteiger partial charge is 0.444 e. The van der Waals surface area contributed by atoms with Crippen LogP contribution in [0.25, 0.3) is 0 Å². The van der Waals surface area contributed by atoms with Crippen LogP contribution in [0, 0.1) is 0 Å². The van der Waals surface area contributed by atoms with E-state index in [2.05, 4.69) is 12.0 Å². The number of rotatable bonds is 4. The predicted molar refractivity (Wildman–Crippen MR) is 88.1 cm³/mol. The number of nitrogens with zero attached hydrogens (tertiary/aromatic N) is 3. The van der Waals surface area contributed by atoms with Gasteiger partial charge in [-0.25, -0.2) is 4.79 Å². The lowest BCUT2D eigenvalue weighted by Gasteiger charge is -2.41. The molecule has 1 aromatic rings. The van der Waals surface area contributed by atoms with Gasteiger partial charge in [0.2, 0.25) is 0 Å². The summed E-state index contributed by atoms with van der Waals surface area (Å²) in [7, 11) is 1.90. The number of piperidine rings is 1. The normalized spacial score (nSPS) is 18.0. The number of likely N-dealkylation sites (tertiary alicyclic amines) is 1. The summed E-state index contributed by atoms with van der Waals surface area (Å²) in [5, 5.41) is 4.35. The fourth-order valence-corrected chi connectivity index (χ4v) is 2.79. The number of ether oxygens (including phenoxy) is 2. The van der Waals surface area contributed by atoms with Gasteiger partial charge in [0.25, 0.3) is 0 Å². The second-order valence-electron chi connectivity index (χ2n) is 7.27. The van der Waals surface area contributed by atoms with E-state index in [0.717, 1.165) is 25.0 Å². The van der Waals surface area contributed by atoms with Gasteiger partial charge in [0.15, 0.2) is 0 Å². The van der Waals surface area contributed by atoms with Crippen molar-refractivity contribution in [2.45, 2.75) is 64.8 Å². The lowest BCUT2D eigenvalue weighted by Crippen LogP contribution is -2.49. The zero-order chi connectivity index (χ0) is 17.1. The summed E-state index contributed by atoms with van der Waals surface area (Å²) in [6.07, 6.45) is 4.28. The van der Waals surface area contributed by atoms with Gasteiger partial charge in [-0.3, -0.25) is 4.68 Å². The Hall–Kier alpha value is -1.56. The maximum atomic E-state index is 12.1. The summed E-state index contributed by atoms with van der Waals surface area (Å²) in [6, 6.07) is 1.97. The first-order chi connectivity index (χ1) is 10.7. The number of carbonyl (C=O) groups is 1. The van der Waals surface area contributed by atoms with Crippen LogP contribution in [-0.2, 0) is 23.1 Å². The van der Waals surface area contributed by atoms with E-state index >= 15 is 0 Å². The first kappa shape index (κ1) is 17.8. The van der Waals surface area contributed by atoms with Crippen molar-refractivity contribution in [3.05, 3.63) is 18.0 Å². The summed E-state index contributed by atoms with van der Waals surface area (Å²) in [4.78, 5) is 13.9. The van der Waals surface area contributed by atoms with Gasteiger partial charge in [-0.1, -0.05) is 6.92 Å². The fourth-order valence-electron chi connectivity index (χ4n) is 2.79. The van der Waals surface area contributed by atoms with Crippen LogP contribution in [0.4, 0.5) is 4.79 Å². The molecule has 23 heavy (non-hydrogen) atoms.